The molecule has 208 valence electrons. The van der Waals surface area contributed by atoms with Gasteiger partial charge in [-0.1, -0.05) is 31.9 Å². The summed E-state index contributed by atoms with van der Waals surface area (Å²) in [5, 5.41) is 3.11. The van der Waals surface area contributed by atoms with Crippen molar-refractivity contribution in [2.75, 3.05) is 25.0 Å². The van der Waals surface area contributed by atoms with Crippen LogP contribution >= 0.6 is 0 Å². The van der Waals surface area contributed by atoms with Gasteiger partial charge < -0.3 is 20.5 Å². The zero-order valence-electron chi connectivity index (χ0n) is 21.6. The van der Waals surface area contributed by atoms with E-state index >= 15 is 0 Å². The lowest BCUT2D eigenvalue weighted by molar-refractivity contribution is -0.137. The molecule has 0 atom stereocenters. The summed E-state index contributed by atoms with van der Waals surface area (Å²) in [6.07, 6.45) is 2.10. The SMILES string of the molecule is CC1CC1.[C-]#[N+]C1(Cn2cc(F)c3c(NCc4ccc(C(F)(F)F)cc4)ncnc32)CCN(CC(N)=O)CC1. The van der Waals surface area contributed by atoms with E-state index in [0.717, 1.165) is 18.1 Å². The number of alkyl halides is 3. The lowest BCUT2D eigenvalue weighted by Gasteiger charge is -2.33. The molecule has 1 saturated carbocycles. The van der Waals surface area contributed by atoms with E-state index < -0.39 is 29.0 Å². The van der Waals surface area contributed by atoms with Crippen LogP contribution in [0.25, 0.3) is 15.9 Å². The number of piperidine rings is 1. The predicted octanol–water partition coefficient (Wildman–Crippen LogP) is 4.86. The molecule has 1 aromatic carbocycles. The predicted molar refractivity (Wildman–Crippen MR) is 139 cm³/mol. The minimum atomic E-state index is -4.42. The Bertz CT molecular complexity index is 1340. The van der Waals surface area contributed by atoms with Crippen molar-refractivity contribution >= 4 is 22.8 Å². The van der Waals surface area contributed by atoms with Crippen molar-refractivity contribution in [2.45, 2.75) is 57.4 Å². The second kappa shape index (κ2) is 11.6. The number of nitrogens with two attached hydrogens (primary N) is 1. The molecule has 3 heterocycles. The standard InChI is InChI=1S/C23H23F4N7O.C4H8/c1-29-22(6-8-33(9-7-22)12-18(28)35)13-34-11-17(24)19-20(31-14-32-21(19)34)30-10-15-2-4-16(5-3-15)23(25,26)27;1-4-2-3-4/h2-5,11,14H,6-10,12-13H2,(H2,28,35)(H,30,31,32);4H,2-3H2,1H3. The summed E-state index contributed by atoms with van der Waals surface area (Å²) in [5.74, 6) is 0.299. The van der Waals surface area contributed by atoms with Crippen molar-refractivity contribution in [2.24, 2.45) is 11.7 Å². The Kier molecular flexibility index (Phi) is 8.39. The third-order valence-electron chi connectivity index (χ3n) is 7.08. The molecule has 8 nitrogen and oxygen atoms in total. The highest BCUT2D eigenvalue weighted by atomic mass is 19.4. The number of halogens is 4. The fourth-order valence-corrected chi connectivity index (χ4v) is 4.47. The van der Waals surface area contributed by atoms with E-state index in [0.29, 0.717) is 37.1 Å². The molecule has 1 aliphatic heterocycles. The number of rotatable bonds is 7. The van der Waals surface area contributed by atoms with E-state index in [9.17, 15) is 22.4 Å². The molecule has 0 bridgehead atoms. The lowest BCUT2D eigenvalue weighted by atomic mass is 9.88. The van der Waals surface area contributed by atoms with Gasteiger partial charge in [-0.2, -0.15) is 13.2 Å². The largest absolute Gasteiger partial charge is 0.416 e. The molecular formula is C27H31F4N7O. The quantitative estimate of drug-likeness (QED) is 0.327. The molecule has 0 radical (unpaired) electrons. The molecule has 0 unspecified atom stereocenters. The van der Waals surface area contributed by atoms with Gasteiger partial charge >= 0.3 is 6.18 Å². The fourth-order valence-electron chi connectivity index (χ4n) is 4.47. The van der Waals surface area contributed by atoms with Crippen molar-refractivity contribution in [3.05, 3.63) is 65.2 Å². The zero-order valence-corrected chi connectivity index (χ0v) is 21.6. The molecule has 1 aliphatic carbocycles. The van der Waals surface area contributed by atoms with Crippen LogP contribution in [-0.2, 0) is 24.1 Å². The van der Waals surface area contributed by atoms with Crippen LogP contribution in [-0.4, -0.2) is 50.5 Å². The van der Waals surface area contributed by atoms with Crippen molar-refractivity contribution in [3.8, 4) is 0 Å². The number of carbonyl (C=O) groups is 1. The summed E-state index contributed by atoms with van der Waals surface area (Å²) in [7, 11) is 0. The molecule has 3 aromatic rings. The first-order chi connectivity index (χ1) is 18.5. The highest BCUT2D eigenvalue weighted by Gasteiger charge is 2.41. The van der Waals surface area contributed by atoms with Gasteiger partial charge in [-0.05, 0) is 23.6 Å². The first kappa shape index (κ1) is 28.3. The van der Waals surface area contributed by atoms with Crippen LogP contribution in [0.4, 0.5) is 23.4 Å². The second-order valence-electron chi connectivity index (χ2n) is 10.3. The Morgan fingerprint density at radius 1 is 1.21 bits per heavy atom. The summed E-state index contributed by atoms with van der Waals surface area (Å²) in [5.41, 5.74) is 4.62. The van der Waals surface area contributed by atoms with Gasteiger partial charge in [0.1, 0.15) is 24.3 Å². The van der Waals surface area contributed by atoms with Crippen LogP contribution in [0.3, 0.4) is 0 Å². The van der Waals surface area contributed by atoms with Gasteiger partial charge in [0, 0.05) is 38.7 Å². The molecule has 2 aromatic heterocycles. The summed E-state index contributed by atoms with van der Waals surface area (Å²) in [4.78, 5) is 25.2. The molecule has 1 amide bonds. The molecular weight excluding hydrogens is 514 g/mol. The number of carbonyl (C=O) groups excluding carboxylic acids is 1. The van der Waals surface area contributed by atoms with Crippen LogP contribution < -0.4 is 11.1 Å². The van der Waals surface area contributed by atoms with E-state index in [2.05, 4.69) is 27.1 Å². The monoisotopic (exact) mass is 545 g/mol. The third kappa shape index (κ3) is 7.23. The number of amides is 1. The molecule has 12 heteroatoms. The average molecular weight is 546 g/mol. The van der Waals surface area contributed by atoms with E-state index in [1.54, 1.807) is 4.57 Å². The number of likely N-dealkylation sites (tertiary alicyclic amines) is 1. The van der Waals surface area contributed by atoms with Crippen LogP contribution in [0.1, 0.15) is 43.7 Å². The van der Waals surface area contributed by atoms with Crippen molar-refractivity contribution < 1.29 is 22.4 Å². The number of hydrogen-bond donors (Lipinski definition) is 2. The van der Waals surface area contributed by atoms with Gasteiger partial charge in [-0.15, -0.1) is 0 Å². The topological polar surface area (TPSA) is 93.4 Å². The highest BCUT2D eigenvalue weighted by Crippen LogP contribution is 2.33. The number of primary amides is 1. The van der Waals surface area contributed by atoms with Crippen LogP contribution in [0.15, 0.2) is 36.8 Å². The first-order valence-electron chi connectivity index (χ1n) is 12.8. The van der Waals surface area contributed by atoms with Gasteiger partial charge in [-0.3, -0.25) is 9.69 Å². The maximum absolute atomic E-state index is 15.0. The minimum absolute atomic E-state index is 0.135. The fraction of sp³-hybridized carbons (Fsp3) is 0.481. The van der Waals surface area contributed by atoms with Gasteiger partial charge in [0.25, 0.3) is 5.54 Å². The Labute approximate surface area is 224 Å². The average Bonchev–Trinajstić information content (AvgIpc) is 3.62. The van der Waals surface area contributed by atoms with E-state index in [1.807, 2.05) is 4.90 Å². The zero-order chi connectivity index (χ0) is 28.2. The van der Waals surface area contributed by atoms with E-state index in [4.69, 9.17) is 12.3 Å². The summed E-state index contributed by atoms with van der Waals surface area (Å²) in [6.45, 7) is 11.6. The van der Waals surface area contributed by atoms with Crippen molar-refractivity contribution in [1.82, 2.24) is 19.4 Å². The number of anilines is 1. The molecule has 2 fully saturated rings. The first-order valence-corrected chi connectivity index (χ1v) is 12.8. The highest BCUT2D eigenvalue weighted by molar-refractivity contribution is 5.88. The van der Waals surface area contributed by atoms with Crippen LogP contribution in [0.5, 0.6) is 0 Å². The van der Waals surface area contributed by atoms with Crippen LogP contribution in [0.2, 0.25) is 0 Å². The number of fused-ring (bicyclic) bond motifs is 1. The van der Waals surface area contributed by atoms with Crippen LogP contribution in [0, 0.1) is 18.3 Å². The van der Waals surface area contributed by atoms with Crippen molar-refractivity contribution in [3.63, 3.8) is 0 Å². The third-order valence-corrected chi connectivity index (χ3v) is 7.08. The maximum atomic E-state index is 15.0. The van der Waals surface area contributed by atoms with Gasteiger partial charge in [0.15, 0.2) is 5.82 Å². The normalized spacial score (nSPS) is 17.2. The van der Waals surface area contributed by atoms with Gasteiger partial charge in [0.2, 0.25) is 5.91 Å². The Balaban J connectivity index is 0.000000808. The van der Waals surface area contributed by atoms with Gasteiger partial charge in [-0.25, -0.2) is 20.9 Å². The molecule has 39 heavy (non-hydrogen) atoms. The number of aromatic nitrogens is 3. The molecule has 2 aliphatic rings. The number of benzene rings is 1. The van der Waals surface area contributed by atoms with E-state index in [-0.39, 0.29) is 30.8 Å². The minimum Gasteiger partial charge on any atom is -0.369 e. The maximum Gasteiger partial charge on any atom is 0.416 e. The summed E-state index contributed by atoms with van der Waals surface area (Å²) in [6, 6.07) is 4.67. The molecule has 1 saturated heterocycles. The van der Waals surface area contributed by atoms with Crippen molar-refractivity contribution in [1.29, 1.82) is 0 Å². The molecule has 3 N–H and O–H groups in total. The number of nitrogens with zero attached hydrogens (tertiary/aromatic N) is 5. The number of hydrogen-bond acceptors (Lipinski definition) is 5. The summed E-state index contributed by atoms with van der Waals surface area (Å²) < 4.78 is 54.9. The van der Waals surface area contributed by atoms with Gasteiger partial charge in [0.05, 0.1) is 17.5 Å². The number of nitrogens with one attached hydrogen (secondary N) is 1. The Hall–Kier alpha value is -3.72. The summed E-state index contributed by atoms with van der Waals surface area (Å²) >= 11 is 0. The lowest BCUT2D eigenvalue weighted by Crippen LogP contribution is -2.47. The smallest absolute Gasteiger partial charge is 0.369 e. The van der Waals surface area contributed by atoms with E-state index in [1.165, 1.54) is 37.5 Å². The second-order valence-corrected chi connectivity index (χ2v) is 10.3. The Morgan fingerprint density at radius 3 is 2.38 bits per heavy atom. The molecule has 5 rings (SSSR count). The molecule has 0 spiro atoms. The Morgan fingerprint density at radius 2 is 1.85 bits per heavy atom.